The lowest BCUT2D eigenvalue weighted by Crippen LogP contribution is -2.06. The van der Waals surface area contributed by atoms with Crippen LogP contribution in [0.4, 0.5) is 5.69 Å². The van der Waals surface area contributed by atoms with Gasteiger partial charge in [0.15, 0.2) is 0 Å². The molecule has 92 valence electrons. The Morgan fingerprint density at radius 2 is 1.89 bits per heavy atom. The Bertz CT molecular complexity index is 565. The monoisotopic (exact) mass is 413 g/mol. The van der Waals surface area contributed by atoms with Crippen LogP contribution in [0.2, 0.25) is 0 Å². The fourth-order valence-corrected chi connectivity index (χ4v) is 3.45. The Kier molecular flexibility index (Phi) is 3.61. The molecule has 1 unspecified atom stereocenters. The van der Waals surface area contributed by atoms with E-state index in [1.165, 1.54) is 31.3 Å². The van der Waals surface area contributed by atoms with E-state index in [0.29, 0.717) is 6.04 Å². The molecule has 0 fully saturated rings. The lowest BCUT2D eigenvalue weighted by molar-refractivity contribution is 0.762. The Labute approximate surface area is 129 Å². The van der Waals surface area contributed by atoms with Gasteiger partial charge in [-0.25, -0.2) is 0 Å². The summed E-state index contributed by atoms with van der Waals surface area (Å²) in [4.78, 5) is 0. The predicted molar refractivity (Wildman–Crippen MR) is 88.0 cm³/mol. The molecule has 1 nitrogen and oxygen atoms in total. The van der Waals surface area contributed by atoms with E-state index >= 15 is 0 Å². The quantitative estimate of drug-likeness (QED) is 0.671. The number of halogens is 2. The Balaban J connectivity index is 1.85. The summed E-state index contributed by atoms with van der Waals surface area (Å²) >= 11 is 5.97. The number of nitrogens with one attached hydrogen (secondary N) is 1. The van der Waals surface area contributed by atoms with Gasteiger partial charge in [-0.15, -0.1) is 0 Å². The molecule has 0 aromatic heterocycles. The molecule has 0 spiro atoms. The molecule has 3 heteroatoms. The van der Waals surface area contributed by atoms with E-state index in [9.17, 15) is 0 Å². The summed E-state index contributed by atoms with van der Waals surface area (Å²) < 4.78 is 2.51. The molecular weight excluding hydrogens is 401 g/mol. The summed E-state index contributed by atoms with van der Waals surface area (Å²) in [5.74, 6) is 0. The average Bonchev–Trinajstić information content (AvgIpc) is 2.77. The van der Waals surface area contributed by atoms with Gasteiger partial charge in [-0.2, -0.15) is 0 Å². The van der Waals surface area contributed by atoms with Crippen molar-refractivity contribution in [3.63, 3.8) is 0 Å². The first-order valence-electron chi connectivity index (χ1n) is 6.03. The molecule has 0 heterocycles. The fourth-order valence-electron chi connectivity index (χ4n) is 2.51. The third kappa shape index (κ3) is 2.43. The van der Waals surface area contributed by atoms with Crippen LogP contribution in [0.5, 0.6) is 0 Å². The molecule has 1 aliphatic rings. The highest BCUT2D eigenvalue weighted by Gasteiger charge is 2.23. The van der Waals surface area contributed by atoms with E-state index < -0.39 is 0 Å². The van der Waals surface area contributed by atoms with E-state index in [1.54, 1.807) is 0 Å². The van der Waals surface area contributed by atoms with Crippen molar-refractivity contribution in [2.45, 2.75) is 18.9 Å². The second kappa shape index (κ2) is 5.21. The summed E-state index contributed by atoms with van der Waals surface area (Å²) in [7, 11) is 0. The minimum Gasteiger partial charge on any atom is -0.378 e. The van der Waals surface area contributed by atoms with Crippen LogP contribution in [0, 0.1) is 3.57 Å². The van der Waals surface area contributed by atoms with Crippen molar-refractivity contribution in [3.8, 4) is 0 Å². The third-order valence-corrected chi connectivity index (χ3v) is 4.86. The first-order valence-corrected chi connectivity index (χ1v) is 7.90. The van der Waals surface area contributed by atoms with Gasteiger partial charge < -0.3 is 5.32 Å². The van der Waals surface area contributed by atoms with Crippen molar-refractivity contribution in [2.75, 3.05) is 5.32 Å². The molecule has 0 radical (unpaired) electrons. The zero-order valence-corrected chi connectivity index (χ0v) is 13.5. The maximum absolute atomic E-state index is 3.64. The van der Waals surface area contributed by atoms with E-state index in [-0.39, 0.29) is 0 Å². The van der Waals surface area contributed by atoms with E-state index in [0.717, 1.165) is 6.42 Å². The van der Waals surface area contributed by atoms with Crippen LogP contribution in [-0.4, -0.2) is 0 Å². The van der Waals surface area contributed by atoms with Crippen molar-refractivity contribution < 1.29 is 0 Å². The number of rotatable bonds is 2. The summed E-state index contributed by atoms with van der Waals surface area (Å²) in [5, 5.41) is 3.63. The normalized spacial score (nSPS) is 17.6. The van der Waals surface area contributed by atoms with Crippen LogP contribution in [-0.2, 0) is 6.42 Å². The highest BCUT2D eigenvalue weighted by molar-refractivity contribution is 14.1. The van der Waals surface area contributed by atoms with Gasteiger partial charge in [0.1, 0.15) is 0 Å². The van der Waals surface area contributed by atoms with Crippen LogP contribution < -0.4 is 5.32 Å². The molecule has 0 saturated heterocycles. The molecule has 0 bridgehead atoms. The first kappa shape index (κ1) is 12.5. The SMILES string of the molecule is Brc1cccc2c1CCC2Nc1ccc(I)cc1. The highest BCUT2D eigenvalue weighted by atomic mass is 127. The lowest BCUT2D eigenvalue weighted by atomic mass is 10.1. The second-order valence-electron chi connectivity index (χ2n) is 4.55. The van der Waals surface area contributed by atoms with E-state index in [1.807, 2.05) is 0 Å². The number of hydrogen-bond acceptors (Lipinski definition) is 1. The average molecular weight is 414 g/mol. The molecule has 1 aliphatic carbocycles. The summed E-state index contributed by atoms with van der Waals surface area (Å²) in [5.41, 5.74) is 4.09. The molecule has 0 amide bonds. The van der Waals surface area contributed by atoms with Crippen LogP contribution in [0.1, 0.15) is 23.6 Å². The number of anilines is 1. The molecule has 3 rings (SSSR count). The molecule has 0 aliphatic heterocycles. The smallest absolute Gasteiger partial charge is 0.0520 e. The van der Waals surface area contributed by atoms with Crippen LogP contribution in [0.3, 0.4) is 0 Å². The standard InChI is InChI=1S/C15H13BrIN/c16-14-3-1-2-13-12(14)8-9-15(13)18-11-6-4-10(17)5-7-11/h1-7,15,18H,8-9H2. The van der Waals surface area contributed by atoms with Crippen molar-refractivity contribution in [2.24, 2.45) is 0 Å². The fraction of sp³-hybridized carbons (Fsp3) is 0.200. The molecule has 0 saturated carbocycles. The van der Waals surface area contributed by atoms with E-state index in [2.05, 4.69) is 86.3 Å². The zero-order valence-electron chi connectivity index (χ0n) is 9.79. The second-order valence-corrected chi connectivity index (χ2v) is 6.65. The summed E-state index contributed by atoms with van der Waals surface area (Å²) in [6, 6.07) is 15.5. The minimum absolute atomic E-state index is 0.442. The van der Waals surface area contributed by atoms with Gasteiger partial charge in [-0.1, -0.05) is 28.1 Å². The van der Waals surface area contributed by atoms with Crippen LogP contribution in [0.25, 0.3) is 0 Å². The molecule has 1 atom stereocenters. The van der Waals surface area contributed by atoms with Crippen LogP contribution in [0.15, 0.2) is 46.9 Å². The first-order chi connectivity index (χ1) is 8.74. The minimum atomic E-state index is 0.442. The molecule has 2 aromatic carbocycles. The Hall–Kier alpha value is -0.550. The topological polar surface area (TPSA) is 12.0 Å². The maximum Gasteiger partial charge on any atom is 0.0520 e. The van der Waals surface area contributed by atoms with Gasteiger partial charge in [0.2, 0.25) is 0 Å². The van der Waals surface area contributed by atoms with Crippen molar-refractivity contribution >= 4 is 44.2 Å². The third-order valence-electron chi connectivity index (χ3n) is 3.40. The largest absolute Gasteiger partial charge is 0.378 e. The summed E-state index contributed by atoms with van der Waals surface area (Å²) in [6.45, 7) is 0. The number of benzene rings is 2. The van der Waals surface area contributed by atoms with Gasteiger partial charge in [-0.05, 0) is 76.9 Å². The van der Waals surface area contributed by atoms with Gasteiger partial charge in [0, 0.05) is 13.7 Å². The van der Waals surface area contributed by atoms with Crippen molar-refractivity contribution in [1.82, 2.24) is 0 Å². The molecule has 2 aromatic rings. The molecule has 1 N–H and O–H groups in total. The Morgan fingerprint density at radius 3 is 2.67 bits per heavy atom. The van der Waals surface area contributed by atoms with Crippen molar-refractivity contribution in [1.29, 1.82) is 0 Å². The van der Waals surface area contributed by atoms with Gasteiger partial charge in [0.05, 0.1) is 6.04 Å². The van der Waals surface area contributed by atoms with Gasteiger partial charge >= 0.3 is 0 Å². The molecular formula is C15H13BrIN. The number of fused-ring (bicyclic) bond motifs is 1. The highest BCUT2D eigenvalue weighted by Crippen LogP contribution is 2.37. The van der Waals surface area contributed by atoms with Gasteiger partial charge in [-0.3, -0.25) is 0 Å². The van der Waals surface area contributed by atoms with Gasteiger partial charge in [0.25, 0.3) is 0 Å². The molecule has 18 heavy (non-hydrogen) atoms. The van der Waals surface area contributed by atoms with Crippen molar-refractivity contribution in [3.05, 3.63) is 61.6 Å². The predicted octanol–water partition coefficient (Wildman–Crippen LogP) is 5.15. The lowest BCUT2D eigenvalue weighted by Gasteiger charge is -2.15. The van der Waals surface area contributed by atoms with Crippen LogP contribution >= 0.6 is 38.5 Å². The summed E-state index contributed by atoms with van der Waals surface area (Å²) in [6.07, 6.45) is 2.32. The maximum atomic E-state index is 3.64. The zero-order chi connectivity index (χ0) is 12.5. The number of hydrogen-bond donors (Lipinski definition) is 1. The van der Waals surface area contributed by atoms with E-state index in [4.69, 9.17) is 0 Å². The Morgan fingerprint density at radius 1 is 1.11 bits per heavy atom.